The van der Waals surface area contributed by atoms with E-state index in [-0.39, 0.29) is 0 Å². The highest BCUT2D eigenvalue weighted by Gasteiger charge is 2.02. The number of pyridine rings is 1. The van der Waals surface area contributed by atoms with E-state index in [4.69, 9.17) is 0 Å². The topological polar surface area (TPSA) is 80.0 Å². The normalized spacial score (nSPS) is 11.5. The van der Waals surface area contributed by atoms with Gasteiger partial charge in [0.1, 0.15) is 12.2 Å². The molecule has 0 radical (unpaired) electrons. The van der Waals surface area contributed by atoms with E-state index in [1.165, 1.54) is 0 Å². The van der Waals surface area contributed by atoms with Gasteiger partial charge in [-0.25, -0.2) is 4.99 Å². The fraction of sp³-hybridized carbons (Fsp3) is 0.500. The second kappa shape index (κ2) is 8.87. The van der Waals surface area contributed by atoms with Crippen LogP contribution in [-0.4, -0.2) is 38.8 Å². The second-order valence-corrected chi connectivity index (χ2v) is 5.19. The lowest BCUT2D eigenvalue weighted by Crippen LogP contribution is -2.39. The predicted octanol–water partition coefficient (Wildman–Crippen LogP) is 1.30. The average molecular weight is 315 g/mol. The maximum absolute atomic E-state index is 4.58. The van der Waals surface area contributed by atoms with Gasteiger partial charge in [-0.05, 0) is 26.0 Å². The SMILES string of the molecule is CCNC(=NCc1cccc(C)n1)NCCn1cnnc1CC. The van der Waals surface area contributed by atoms with Gasteiger partial charge >= 0.3 is 0 Å². The highest BCUT2D eigenvalue weighted by molar-refractivity contribution is 5.79. The summed E-state index contributed by atoms with van der Waals surface area (Å²) in [6.45, 7) is 9.07. The molecular formula is C16H25N7. The van der Waals surface area contributed by atoms with Crippen molar-refractivity contribution in [2.75, 3.05) is 13.1 Å². The minimum absolute atomic E-state index is 0.559. The van der Waals surface area contributed by atoms with Crippen LogP contribution >= 0.6 is 0 Å². The molecule has 0 saturated carbocycles. The van der Waals surface area contributed by atoms with Gasteiger partial charge < -0.3 is 15.2 Å². The second-order valence-electron chi connectivity index (χ2n) is 5.19. The van der Waals surface area contributed by atoms with Crippen molar-refractivity contribution in [1.82, 2.24) is 30.4 Å². The lowest BCUT2D eigenvalue weighted by molar-refractivity contribution is 0.632. The van der Waals surface area contributed by atoms with Crippen molar-refractivity contribution in [2.24, 2.45) is 4.99 Å². The van der Waals surface area contributed by atoms with E-state index in [0.717, 1.165) is 49.2 Å². The van der Waals surface area contributed by atoms with E-state index >= 15 is 0 Å². The van der Waals surface area contributed by atoms with Gasteiger partial charge in [0.05, 0.1) is 12.2 Å². The van der Waals surface area contributed by atoms with Gasteiger partial charge in [0.2, 0.25) is 0 Å². The van der Waals surface area contributed by atoms with Crippen LogP contribution in [0.5, 0.6) is 0 Å². The highest BCUT2D eigenvalue weighted by atomic mass is 15.3. The molecule has 0 saturated heterocycles. The molecule has 23 heavy (non-hydrogen) atoms. The van der Waals surface area contributed by atoms with E-state index < -0.39 is 0 Å². The first-order valence-electron chi connectivity index (χ1n) is 8.04. The van der Waals surface area contributed by atoms with Crippen LogP contribution in [0.4, 0.5) is 0 Å². The van der Waals surface area contributed by atoms with Crippen LogP contribution in [-0.2, 0) is 19.5 Å². The molecule has 2 aromatic rings. The summed E-state index contributed by atoms with van der Waals surface area (Å²) in [6, 6.07) is 5.98. The summed E-state index contributed by atoms with van der Waals surface area (Å²) in [5, 5.41) is 14.6. The summed E-state index contributed by atoms with van der Waals surface area (Å²) in [5.41, 5.74) is 1.98. The first-order valence-corrected chi connectivity index (χ1v) is 8.04. The van der Waals surface area contributed by atoms with Crippen LogP contribution in [0.1, 0.15) is 31.1 Å². The van der Waals surface area contributed by atoms with Gasteiger partial charge in [0, 0.05) is 31.7 Å². The average Bonchev–Trinajstić information content (AvgIpc) is 3.00. The number of aliphatic imine (C=N–C) groups is 1. The molecule has 0 aliphatic carbocycles. The zero-order valence-electron chi connectivity index (χ0n) is 14.1. The van der Waals surface area contributed by atoms with Crippen molar-refractivity contribution in [3.8, 4) is 0 Å². The molecule has 2 aromatic heterocycles. The van der Waals surface area contributed by atoms with Gasteiger partial charge in [0.25, 0.3) is 0 Å². The van der Waals surface area contributed by atoms with Crippen LogP contribution in [0.3, 0.4) is 0 Å². The molecule has 7 heteroatoms. The minimum Gasteiger partial charge on any atom is -0.357 e. The fourth-order valence-corrected chi connectivity index (χ4v) is 2.22. The zero-order chi connectivity index (χ0) is 16.5. The Morgan fingerprint density at radius 1 is 1.26 bits per heavy atom. The molecule has 0 aromatic carbocycles. The molecule has 2 heterocycles. The Balaban J connectivity index is 1.89. The molecule has 0 atom stereocenters. The van der Waals surface area contributed by atoms with Crippen LogP contribution in [0.15, 0.2) is 29.5 Å². The molecule has 2 rings (SSSR count). The Labute approximate surface area is 137 Å². The molecule has 7 nitrogen and oxygen atoms in total. The summed E-state index contributed by atoms with van der Waals surface area (Å²) >= 11 is 0. The smallest absolute Gasteiger partial charge is 0.191 e. The summed E-state index contributed by atoms with van der Waals surface area (Å²) in [7, 11) is 0. The van der Waals surface area contributed by atoms with Crippen molar-refractivity contribution in [3.63, 3.8) is 0 Å². The summed E-state index contributed by atoms with van der Waals surface area (Å²) < 4.78 is 2.05. The molecule has 124 valence electrons. The molecule has 0 spiro atoms. The van der Waals surface area contributed by atoms with Crippen LogP contribution < -0.4 is 10.6 Å². The van der Waals surface area contributed by atoms with Crippen LogP contribution in [0, 0.1) is 6.92 Å². The molecule has 0 bridgehead atoms. The van der Waals surface area contributed by atoms with Gasteiger partial charge in [-0.15, -0.1) is 10.2 Å². The Hall–Kier alpha value is -2.44. The highest BCUT2D eigenvalue weighted by Crippen LogP contribution is 1.99. The number of hydrogen-bond donors (Lipinski definition) is 2. The van der Waals surface area contributed by atoms with Gasteiger partial charge in [-0.2, -0.15) is 0 Å². The summed E-state index contributed by atoms with van der Waals surface area (Å²) in [6.07, 6.45) is 2.65. The lowest BCUT2D eigenvalue weighted by Gasteiger charge is -2.12. The molecule has 0 aliphatic heterocycles. The minimum atomic E-state index is 0.559. The van der Waals surface area contributed by atoms with Gasteiger partial charge in [0.15, 0.2) is 5.96 Å². The standard InChI is InChI=1S/C16H25N7/c1-4-15-22-20-12-23(15)10-9-18-16(17-5-2)19-11-14-8-6-7-13(3)21-14/h6-8,12H,4-5,9-11H2,1-3H3,(H2,17,18,19). The Kier molecular flexibility index (Phi) is 6.53. The molecule has 2 N–H and O–H groups in total. The van der Waals surface area contributed by atoms with Crippen molar-refractivity contribution >= 4 is 5.96 Å². The zero-order valence-corrected chi connectivity index (χ0v) is 14.1. The first-order chi connectivity index (χ1) is 11.2. The quantitative estimate of drug-likeness (QED) is 0.595. The molecule has 0 amide bonds. The van der Waals surface area contributed by atoms with Crippen LogP contribution in [0.2, 0.25) is 0 Å². The maximum atomic E-state index is 4.58. The number of aryl methyl sites for hydroxylation is 2. The number of nitrogens with one attached hydrogen (secondary N) is 2. The third-order valence-corrected chi connectivity index (χ3v) is 3.35. The van der Waals surface area contributed by atoms with Crippen molar-refractivity contribution in [1.29, 1.82) is 0 Å². The number of nitrogens with zero attached hydrogens (tertiary/aromatic N) is 5. The summed E-state index contributed by atoms with van der Waals surface area (Å²) in [5.74, 6) is 1.79. The fourth-order valence-electron chi connectivity index (χ4n) is 2.22. The largest absolute Gasteiger partial charge is 0.357 e. The molecular weight excluding hydrogens is 290 g/mol. The molecule has 0 aliphatic rings. The van der Waals surface area contributed by atoms with Crippen molar-refractivity contribution in [3.05, 3.63) is 41.7 Å². The van der Waals surface area contributed by atoms with E-state index in [0.29, 0.717) is 6.54 Å². The predicted molar refractivity (Wildman–Crippen MR) is 91.2 cm³/mol. The third-order valence-electron chi connectivity index (χ3n) is 3.35. The van der Waals surface area contributed by atoms with Crippen molar-refractivity contribution < 1.29 is 0 Å². The third kappa shape index (κ3) is 5.36. The molecule has 0 fully saturated rings. The number of guanidine groups is 1. The first kappa shape index (κ1) is 16.9. The van der Waals surface area contributed by atoms with Gasteiger partial charge in [-0.3, -0.25) is 4.98 Å². The Bertz CT molecular complexity index is 633. The monoisotopic (exact) mass is 315 g/mol. The van der Waals surface area contributed by atoms with Gasteiger partial charge in [-0.1, -0.05) is 13.0 Å². The van der Waals surface area contributed by atoms with Crippen LogP contribution in [0.25, 0.3) is 0 Å². The van der Waals surface area contributed by atoms with E-state index in [9.17, 15) is 0 Å². The summed E-state index contributed by atoms with van der Waals surface area (Å²) in [4.78, 5) is 9.04. The number of hydrogen-bond acceptors (Lipinski definition) is 4. The van der Waals surface area contributed by atoms with E-state index in [1.807, 2.05) is 25.1 Å². The Morgan fingerprint density at radius 3 is 2.87 bits per heavy atom. The number of aromatic nitrogens is 4. The van der Waals surface area contributed by atoms with E-state index in [1.54, 1.807) is 6.33 Å². The van der Waals surface area contributed by atoms with E-state index in [2.05, 4.69) is 49.2 Å². The molecule has 0 unspecified atom stereocenters. The van der Waals surface area contributed by atoms with Crippen molar-refractivity contribution in [2.45, 2.75) is 40.3 Å². The maximum Gasteiger partial charge on any atom is 0.191 e. The number of rotatable bonds is 7. The lowest BCUT2D eigenvalue weighted by atomic mass is 10.3. The Morgan fingerprint density at radius 2 is 2.13 bits per heavy atom.